The fraction of sp³-hybridized carbons (Fsp3) is 0.321. The van der Waals surface area contributed by atoms with Crippen LogP contribution in [0.4, 0.5) is 15.3 Å². The van der Waals surface area contributed by atoms with Gasteiger partial charge in [-0.05, 0) is 124 Å². The number of rotatable bonds is 8. The number of anilines is 1. The largest absolute Gasteiger partial charge is 0.465 e. The monoisotopic (exact) mass is 849 g/mol. The number of fused-ring (bicyclic) bond motifs is 11. The molecular formula is C53H51N7O4. The lowest BCUT2D eigenvalue weighted by atomic mass is 9.89. The second-order valence-electron chi connectivity index (χ2n) is 18.9. The lowest BCUT2D eigenvalue weighted by molar-refractivity contribution is 0.139. The average molecular weight is 850 g/mol. The van der Waals surface area contributed by atoms with E-state index in [2.05, 4.69) is 131 Å². The number of ether oxygens (including phenoxy) is 1. The van der Waals surface area contributed by atoms with E-state index in [1.54, 1.807) is 0 Å². The highest BCUT2D eigenvalue weighted by Crippen LogP contribution is 2.55. The van der Waals surface area contributed by atoms with Crippen molar-refractivity contribution >= 4 is 61.5 Å². The van der Waals surface area contributed by atoms with Crippen molar-refractivity contribution in [2.75, 3.05) is 18.6 Å². The zero-order valence-electron chi connectivity index (χ0n) is 36.3. The van der Waals surface area contributed by atoms with Gasteiger partial charge in [0.1, 0.15) is 11.6 Å². The number of amides is 2. The van der Waals surface area contributed by atoms with Gasteiger partial charge >= 0.3 is 12.2 Å². The van der Waals surface area contributed by atoms with Crippen molar-refractivity contribution in [2.24, 2.45) is 11.8 Å². The number of carbonyl (C=O) groups excluding carboxylic acids is 1. The van der Waals surface area contributed by atoms with Gasteiger partial charge in [-0.15, -0.1) is 0 Å². The molecule has 1 unspecified atom stereocenters. The first kappa shape index (κ1) is 38.8. The van der Waals surface area contributed by atoms with E-state index < -0.39 is 12.2 Å². The van der Waals surface area contributed by atoms with Crippen LogP contribution in [0.2, 0.25) is 0 Å². The Morgan fingerprint density at radius 2 is 1.53 bits per heavy atom. The maximum Gasteiger partial charge on any atom is 0.407 e. The van der Waals surface area contributed by atoms with Crippen LogP contribution in [0.3, 0.4) is 0 Å². The summed E-state index contributed by atoms with van der Waals surface area (Å²) in [6.45, 7) is 4.86. The highest BCUT2D eigenvalue weighted by atomic mass is 16.5. The van der Waals surface area contributed by atoms with Gasteiger partial charge in [0, 0.05) is 41.5 Å². The molecule has 64 heavy (non-hydrogen) atoms. The number of H-pyrrole nitrogens is 2. The maximum absolute atomic E-state index is 12.6. The van der Waals surface area contributed by atoms with Crippen molar-refractivity contribution in [3.63, 3.8) is 0 Å². The Hall–Kier alpha value is -6.88. The highest BCUT2D eigenvalue weighted by Gasteiger charge is 2.49. The van der Waals surface area contributed by atoms with Gasteiger partial charge in [0.25, 0.3) is 0 Å². The molecule has 2 amide bonds. The fourth-order valence-electron chi connectivity index (χ4n) is 11.9. The van der Waals surface area contributed by atoms with Crippen molar-refractivity contribution in [1.29, 1.82) is 0 Å². The van der Waals surface area contributed by atoms with Crippen LogP contribution >= 0.6 is 0 Å². The molecule has 4 N–H and O–H groups in total. The first-order valence-electron chi connectivity index (χ1n) is 22.9. The van der Waals surface area contributed by atoms with Gasteiger partial charge in [-0.2, -0.15) is 0 Å². The lowest BCUT2D eigenvalue weighted by Gasteiger charge is -2.39. The molecule has 11 nitrogen and oxygen atoms in total. The molecule has 8 aromatic rings. The van der Waals surface area contributed by atoms with E-state index in [9.17, 15) is 14.7 Å². The summed E-state index contributed by atoms with van der Waals surface area (Å²) in [5, 5.41) is 17.3. The smallest absolute Gasteiger partial charge is 0.407 e. The molecule has 2 aliphatic heterocycles. The maximum atomic E-state index is 12.6. The molecule has 11 heteroatoms. The Kier molecular flexibility index (Phi) is 9.00. The molecule has 2 bridgehead atoms. The number of nitrogens with zero attached hydrogens (tertiary/aromatic N) is 4. The van der Waals surface area contributed by atoms with Crippen LogP contribution in [-0.2, 0) is 17.6 Å². The van der Waals surface area contributed by atoms with E-state index in [4.69, 9.17) is 14.7 Å². The van der Waals surface area contributed by atoms with Crippen LogP contribution in [0.15, 0.2) is 97.1 Å². The number of alkyl carbamates (subject to hydrolysis) is 1. The van der Waals surface area contributed by atoms with Crippen LogP contribution in [0.5, 0.6) is 0 Å². The van der Waals surface area contributed by atoms with Crippen molar-refractivity contribution in [1.82, 2.24) is 30.2 Å². The molecule has 3 fully saturated rings. The van der Waals surface area contributed by atoms with E-state index in [0.717, 1.165) is 92.7 Å². The molecule has 1 saturated carbocycles. The topological polar surface area (TPSA) is 139 Å². The average Bonchev–Trinajstić information content (AvgIpc) is 4.17. The third kappa shape index (κ3) is 6.14. The molecule has 2 aromatic heterocycles. The van der Waals surface area contributed by atoms with Crippen molar-refractivity contribution < 1.29 is 19.4 Å². The summed E-state index contributed by atoms with van der Waals surface area (Å²) in [5.74, 6) is 2.43. The Balaban J connectivity index is 0.898. The van der Waals surface area contributed by atoms with Gasteiger partial charge in [-0.1, -0.05) is 86.6 Å². The number of imidazole rings is 2. The first-order chi connectivity index (χ1) is 31.2. The zero-order chi connectivity index (χ0) is 43.4. The number of aromatic nitrogens is 4. The van der Waals surface area contributed by atoms with E-state index in [1.807, 2.05) is 0 Å². The standard InChI is InChI=1S/C53H51N7O4/c1-28(2)44(56-52(61)64-3)27-35-13-19-40-37-8-5-4-7-31(37)26-41(40)48(35)60-36-16-10-34(25-36)49(60)51-55-43-21-15-33-24-30(12-18-39(33)47(43)58-51)29-11-17-38-32(23-29)14-20-42-46(38)57-50(54-42)45-9-6-22-59(45)53(62)63/h4-5,7-8,11-15,17-21,23-24,28,34,36,44-45,49H,6,9-10,16,22,25-27H2,1-3H3,(H,54,57)(H,55,58)(H,56,61)(H,62,63)/t34-,36+,44+,45?,49+/m1/s1. The molecule has 4 heterocycles. The number of benzene rings is 6. The summed E-state index contributed by atoms with van der Waals surface area (Å²) in [4.78, 5) is 46.4. The number of aromatic amines is 2. The summed E-state index contributed by atoms with van der Waals surface area (Å²) in [5.41, 5.74) is 14.0. The Morgan fingerprint density at radius 3 is 2.23 bits per heavy atom. The van der Waals surface area contributed by atoms with Crippen molar-refractivity contribution in [3.8, 4) is 22.3 Å². The van der Waals surface area contributed by atoms with Crippen LogP contribution in [-0.4, -0.2) is 67.9 Å². The highest BCUT2D eigenvalue weighted by molar-refractivity contribution is 6.07. The third-order valence-corrected chi connectivity index (χ3v) is 15.0. The molecule has 0 radical (unpaired) electrons. The minimum Gasteiger partial charge on any atom is -0.465 e. The predicted octanol–water partition coefficient (Wildman–Crippen LogP) is 11.5. The molecule has 0 spiro atoms. The summed E-state index contributed by atoms with van der Waals surface area (Å²) < 4.78 is 5.08. The van der Waals surface area contributed by atoms with Gasteiger partial charge < -0.3 is 30.0 Å². The van der Waals surface area contributed by atoms with Crippen LogP contribution in [0.25, 0.3) is 65.9 Å². The van der Waals surface area contributed by atoms with E-state index in [1.165, 1.54) is 51.9 Å². The predicted molar refractivity (Wildman–Crippen MR) is 252 cm³/mol. The summed E-state index contributed by atoms with van der Waals surface area (Å²) in [7, 11) is 1.43. The van der Waals surface area contributed by atoms with Crippen molar-refractivity contribution in [3.05, 3.63) is 125 Å². The number of nitrogens with one attached hydrogen (secondary N) is 3. The second kappa shape index (κ2) is 14.9. The number of carbonyl (C=O) groups is 2. The Labute approximate surface area is 370 Å². The molecule has 322 valence electrons. The fourth-order valence-corrected chi connectivity index (χ4v) is 11.9. The van der Waals surface area contributed by atoms with E-state index >= 15 is 0 Å². The molecule has 6 aromatic carbocycles. The number of carboxylic acid groups (broad SMARTS) is 1. The number of likely N-dealkylation sites (tertiary alicyclic amines) is 1. The number of piperidine rings is 1. The minimum atomic E-state index is -0.899. The van der Waals surface area contributed by atoms with Crippen molar-refractivity contribution in [2.45, 2.75) is 83.0 Å². The lowest BCUT2D eigenvalue weighted by Crippen LogP contribution is -2.41. The molecular weight excluding hydrogens is 799 g/mol. The number of methoxy groups -OCH3 is 1. The SMILES string of the molecule is COC(=O)N[C@@H](Cc1ccc2c(c1N1[C@H]3CC[C@H](C3)[C@H]1c1nc3c(ccc4cc(-c5ccc6c(ccc7[nH]c(C8CCCN8C(=O)O)nc76)c5)ccc43)[nH]1)Cc1ccccc1-2)C(C)C. The van der Waals surface area contributed by atoms with Gasteiger partial charge in [0.05, 0.1) is 41.3 Å². The van der Waals surface area contributed by atoms with Crippen LogP contribution < -0.4 is 10.2 Å². The minimum absolute atomic E-state index is 0.0844. The number of hydrogen-bond donors (Lipinski definition) is 4. The normalized spacial score (nSPS) is 20.6. The Morgan fingerprint density at radius 1 is 0.828 bits per heavy atom. The molecule has 4 aliphatic rings. The molecule has 12 rings (SSSR count). The summed E-state index contributed by atoms with van der Waals surface area (Å²) in [6, 6.07) is 35.4. The van der Waals surface area contributed by atoms with Gasteiger partial charge in [0.15, 0.2) is 0 Å². The molecule has 2 saturated heterocycles. The van der Waals surface area contributed by atoms with Gasteiger partial charge in [0.2, 0.25) is 0 Å². The van der Waals surface area contributed by atoms with E-state index in [-0.39, 0.29) is 24.0 Å². The molecule has 2 aliphatic carbocycles. The second-order valence-corrected chi connectivity index (χ2v) is 18.9. The summed E-state index contributed by atoms with van der Waals surface area (Å²) >= 11 is 0. The van der Waals surface area contributed by atoms with Gasteiger partial charge in [-0.3, -0.25) is 4.90 Å². The van der Waals surface area contributed by atoms with Gasteiger partial charge in [-0.25, -0.2) is 19.6 Å². The number of hydrogen-bond acceptors (Lipinski definition) is 6. The van der Waals surface area contributed by atoms with E-state index in [0.29, 0.717) is 30.7 Å². The Bertz CT molecular complexity index is 3200. The quantitative estimate of drug-likeness (QED) is 0.119. The van der Waals surface area contributed by atoms with Crippen LogP contribution in [0, 0.1) is 11.8 Å². The summed E-state index contributed by atoms with van der Waals surface area (Å²) in [6.07, 6.45) is 5.38. The zero-order valence-corrected chi connectivity index (χ0v) is 36.3. The van der Waals surface area contributed by atoms with Crippen LogP contribution in [0.1, 0.15) is 86.4 Å². The third-order valence-electron chi connectivity index (χ3n) is 15.0. The first-order valence-corrected chi connectivity index (χ1v) is 22.9. The molecule has 5 atom stereocenters.